The van der Waals surface area contributed by atoms with Gasteiger partial charge >= 0.3 is 12.1 Å². The molecule has 0 spiro atoms. The Labute approximate surface area is 134 Å². The van der Waals surface area contributed by atoms with Gasteiger partial charge in [-0.2, -0.15) is 13.2 Å². The highest BCUT2D eigenvalue weighted by atomic mass is 35.5. The molecule has 0 fully saturated rings. The van der Waals surface area contributed by atoms with Crippen molar-refractivity contribution in [3.8, 4) is 0 Å². The molecule has 10 heteroatoms. The number of carbonyl (C=O) groups excluding carboxylic acids is 1. The van der Waals surface area contributed by atoms with Crippen LogP contribution in [0.2, 0.25) is 5.15 Å². The van der Waals surface area contributed by atoms with Crippen LogP contribution < -0.4 is 5.32 Å². The van der Waals surface area contributed by atoms with Crippen molar-refractivity contribution >= 4 is 34.4 Å². The molecule has 23 heavy (non-hydrogen) atoms. The molecule has 0 bridgehead atoms. The van der Waals surface area contributed by atoms with Gasteiger partial charge in [0.05, 0.1) is 12.1 Å². The predicted octanol–water partition coefficient (Wildman–Crippen LogP) is 3.08. The number of hydrogen-bond acceptors (Lipinski definition) is 5. The van der Waals surface area contributed by atoms with E-state index in [4.69, 9.17) is 16.3 Å². The number of nitrogens with zero attached hydrogens (tertiary/aromatic N) is 2. The summed E-state index contributed by atoms with van der Waals surface area (Å²) in [7, 11) is 0. The van der Waals surface area contributed by atoms with Crippen LogP contribution in [0.25, 0.3) is 11.0 Å². The third kappa shape index (κ3) is 4.25. The zero-order chi connectivity index (χ0) is 17.2. The summed E-state index contributed by atoms with van der Waals surface area (Å²) in [6, 6.07) is -0.413. The second-order valence-corrected chi connectivity index (χ2v) is 5.15. The molecule has 0 aliphatic rings. The minimum Gasteiger partial charge on any atom is -0.466 e. The topological polar surface area (TPSA) is 79.9 Å². The number of esters is 1. The van der Waals surface area contributed by atoms with Gasteiger partial charge in [-0.05, 0) is 13.8 Å². The van der Waals surface area contributed by atoms with E-state index in [0.29, 0.717) is 5.52 Å². The first-order valence-electron chi connectivity index (χ1n) is 6.74. The predicted molar refractivity (Wildman–Crippen MR) is 78.4 cm³/mol. The number of fused-ring (bicyclic) bond motifs is 1. The number of carbonyl (C=O) groups is 1. The molecular weight excluding hydrogens is 337 g/mol. The number of ether oxygens (including phenoxy) is 1. The van der Waals surface area contributed by atoms with Gasteiger partial charge < -0.3 is 15.0 Å². The summed E-state index contributed by atoms with van der Waals surface area (Å²) in [6.07, 6.45) is -4.57. The van der Waals surface area contributed by atoms with E-state index in [0.717, 1.165) is 6.92 Å². The van der Waals surface area contributed by atoms with Crippen molar-refractivity contribution < 1.29 is 22.7 Å². The molecule has 126 valence electrons. The normalized spacial score (nSPS) is 13.1. The Kier molecular flexibility index (Phi) is 4.98. The van der Waals surface area contributed by atoms with Crippen LogP contribution in [0, 0.1) is 0 Å². The molecule has 2 rings (SSSR count). The van der Waals surface area contributed by atoms with Gasteiger partial charge in [0, 0.05) is 6.07 Å². The van der Waals surface area contributed by atoms with Crippen LogP contribution in [-0.4, -0.2) is 39.7 Å². The van der Waals surface area contributed by atoms with E-state index in [1.165, 1.54) is 6.07 Å². The first-order chi connectivity index (χ1) is 10.7. The molecule has 2 aromatic rings. The molecule has 2 N–H and O–H groups in total. The molecular formula is C13H14ClF3N4O2. The quantitative estimate of drug-likeness (QED) is 0.640. The number of alkyl halides is 3. The Morgan fingerprint density at radius 2 is 2.17 bits per heavy atom. The molecule has 0 saturated heterocycles. The number of rotatable bonds is 5. The van der Waals surface area contributed by atoms with Crippen molar-refractivity contribution in [1.29, 1.82) is 0 Å². The van der Waals surface area contributed by atoms with Gasteiger partial charge in [0.1, 0.15) is 29.0 Å². The zero-order valence-electron chi connectivity index (χ0n) is 12.3. The van der Waals surface area contributed by atoms with Gasteiger partial charge in [0.15, 0.2) is 5.82 Å². The third-order valence-corrected chi connectivity index (χ3v) is 3.14. The van der Waals surface area contributed by atoms with Gasteiger partial charge in [0.25, 0.3) is 0 Å². The second kappa shape index (κ2) is 6.61. The molecule has 0 aliphatic carbocycles. The highest BCUT2D eigenvalue weighted by Crippen LogP contribution is 2.27. The van der Waals surface area contributed by atoms with Gasteiger partial charge in [-0.15, -0.1) is 0 Å². The molecule has 0 unspecified atom stereocenters. The van der Waals surface area contributed by atoms with E-state index in [9.17, 15) is 18.0 Å². The van der Waals surface area contributed by atoms with Gasteiger partial charge in [-0.3, -0.25) is 4.79 Å². The summed E-state index contributed by atoms with van der Waals surface area (Å²) in [5.41, 5.74) is 0.547. The number of hydrogen-bond donors (Lipinski definition) is 2. The fraction of sp³-hybridized carbons (Fsp3) is 0.462. The van der Waals surface area contributed by atoms with Crippen molar-refractivity contribution in [2.24, 2.45) is 0 Å². The number of H-pyrrole nitrogens is 1. The lowest BCUT2D eigenvalue weighted by atomic mass is 10.3. The van der Waals surface area contributed by atoms with Crippen LogP contribution in [0.4, 0.5) is 19.0 Å². The molecule has 2 heterocycles. The van der Waals surface area contributed by atoms with Crippen LogP contribution in [-0.2, 0) is 16.0 Å². The fourth-order valence-electron chi connectivity index (χ4n) is 1.85. The van der Waals surface area contributed by atoms with Crippen molar-refractivity contribution in [1.82, 2.24) is 15.0 Å². The maximum Gasteiger partial charge on any atom is 0.408 e. The minimum absolute atomic E-state index is 0.000657. The average molecular weight is 351 g/mol. The highest BCUT2D eigenvalue weighted by molar-refractivity contribution is 6.30. The summed E-state index contributed by atoms with van der Waals surface area (Å²) in [5.74, 6) is -0.349. The van der Waals surface area contributed by atoms with Crippen LogP contribution in [0.3, 0.4) is 0 Å². The summed E-state index contributed by atoms with van der Waals surface area (Å²) >= 11 is 5.81. The Bertz CT molecular complexity index is 717. The number of pyridine rings is 1. The Morgan fingerprint density at radius 1 is 1.48 bits per heavy atom. The monoisotopic (exact) mass is 350 g/mol. The lowest BCUT2D eigenvalue weighted by Crippen LogP contribution is -2.33. The number of aromatic amines is 1. The van der Waals surface area contributed by atoms with Crippen LogP contribution in [0.5, 0.6) is 0 Å². The molecule has 0 aliphatic heterocycles. The van der Waals surface area contributed by atoms with E-state index >= 15 is 0 Å². The average Bonchev–Trinajstić information content (AvgIpc) is 2.79. The lowest BCUT2D eigenvalue weighted by molar-refractivity contribution is -0.142. The summed E-state index contributed by atoms with van der Waals surface area (Å²) < 4.78 is 42.9. The van der Waals surface area contributed by atoms with Gasteiger partial charge in [-0.25, -0.2) is 9.97 Å². The third-order valence-electron chi connectivity index (χ3n) is 2.95. The lowest BCUT2D eigenvalue weighted by Gasteiger charge is -2.17. The Balaban J connectivity index is 2.33. The van der Waals surface area contributed by atoms with E-state index in [2.05, 4.69) is 20.3 Å². The molecule has 0 radical (unpaired) electrons. The number of nitrogens with one attached hydrogen (secondary N) is 2. The van der Waals surface area contributed by atoms with E-state index in [1.807, 2.05) is 0 Å². The molecule has 6 nitrogen and oxygen atoms in total. The summed E-state index contributed by atoms with van der Waals surface area (Å²) in [6.45, 7) is 2.85. The standard InChI is InChI=1S/C13H14ClF3N4O2/c1-3-23-10(22)5-9-19-7-4-8(14)20-12(11(7)21-9)18-6(2)13(15,16)17/h4,6H,3,5H2,1-2H3,(H,18,20)(H,19,21)/t6-/m1/s1. The Hall–Kier alpha value is -2.03. The smallest absolute Gasteiger partial charge is 0.408 e. The molecule has 0 amide bonds. The van der Waals surface area contributed by atoms with Gasteiger partial charge in [-0.1, -0.05) is 11.6 Å². The zero-order valence-corrected chi connectivity index (χ0v) is 13.0. The van der Waals surface area contributed by atoms with Crippen LogP contribution in [0.1, 0.15) is 19.7 Å². The molecule has 0 saturated carbocycles. The van der Waals surface area contributed by atoms with Crippen molar-refractivity contribution in [3.05, 3.63) is 17.0 Å². The Morgan fingerprint density at radius 3 is 2.78 bits per heavy atom. The number of imidazole rings is 1. The van der Waals surface area contributed by atoms with Gasteiger partial charge in [0.2, 0.25) is 0 Å². The molecule has 0 aromatic carbocycles. The number of halogens is 4. The van der Waals surface area contributed by atoms with Crippen molar-refractivity contribution in [3.63, 3.8) is 0 Å². The number of aromatic nitrogens is 3. The maximum atomic E-state index is 12.7. The van der Waals surface area contributed by atoms with Crippen molar-refractivity contribution in [2.75, 3.05) is 11.9 Å². The highest BCUT2D eigenvalue weighted by Gasteiger charge is 2.36. The van der Waals surface area contributed by atoms with Crippen LogP contribution >= 0.6 is 11.6 Å². The summed E-state index contributed by atoms with van der Waals surface area (Å²) in [4.78, 5) is 22.2. The maximum absolute atomic E-state index is 12.7. The van der Waals surface area contributed by atoms with Crippen molar-refractivity contribution in [2.45, 2.75) is 32.5 Å². The minimum atomic E-state index is -4.44. The fourth-order valence-corrected chi connectivity index (χ4v) is 2.05. The number of anilines is 1. The van der Waals surface area contributed by atoms with E-state index in [-0.39, 0.29) is 35.3 Å². The summed E-state index contributed by atoms with van der Waals surface area (Å²) in [5, 5.41) is 2.24. The van der Waals surface area contributed by atoms with E-state index in [1.54, 1.807) is 6.92 Å². The second-order valence-electron chi connectivity index (χ2n) is 4.76. The van der Waals surface area contributed by atoms with Crippen LogP contribution in [0.15, 0.2) is 6.07 Å². The first kappa shape index (κ1) is 17.3. The first-order valence-corrected chi connectivity index (χ1v) is 7.12. The molecule has 2 aromatic heterocycles. The SMILES string of the molecule is CCOC(=O)Cc1nc2c(N[C@H](C)C(F)(F)F)nc(Cl)cc2[nH]1. The largest absolute Gasteiger partial charge is 0.466 e. The van der Waals surface area contributed by atoms with E-state index < -0.39 is 18.2 Å². The molecule has 1 atom stereocenters.